The summed E-state index contributed by atoms with van der Waals surface area (Å²) in [6, 6.07) is 15.2. The summed E-state index contributed by atoms with van der Waals surface area (Å²) < 4.78 is 0. The first kappa shape index (κ1) is 24.3. The van der Waals surface area contributed by atoms with Crippen molar-refractivity contribution in [3.8, 4) is 0 Å². The summed E-state index contributed by atoms with van der Waals surface area (Å²) in [5.41, 5.74) is 3.31. The van der Waals surface area contributed by atoms with E-state index >= 15 is 0 Å². The molecule has 0 spiro atoms. The number of benzene rings is 2. The van der Waals surface area contributed by atoms with Crippen molar-refractivity contribution in [2.24, 2.45) is 0 Å². The normalized spacial score (nSPS) is 11.7. The molecule has 0 unspecified atom stereocenters. The van der Waals surface area contributed by atoms with Gasteiger partial charge in [-0.15, -0.1) is 11.8 Å². The molecule has 1 N–H and O–H groups in total. The summed E-state index contributed by atoms with van der Waals surface area (Å²) in [7, 11) is 0. The molecule has 2 rings (SSSR count). The van der Waals surface area contributed by atoms with Gasteiger partial charge in [0.05, 0.1) is 5.75 Å². The number of unbranched alkanes of at least 4 members (excludes halogenated alkanes) is 1. The number of aryl methyl sites for hydroxylation is 1. The van der Waals surface area contributed by atoms with Gasteiger partial charge in [-0.3, -0.25) is 9.59 Å². The van der Waals surface area contributed by atoms with Crippen LogP contribution in [0.1, 0.15) is 43.4 Å². The van der Waals surface area contributed by atoms with Gasteiger partial charge in [0.25, 0.3) is 0 Å². The predicted molar refractivity (Wildman–Crippen MR) is 127 cm³/mol. The van der Waals surface area contributed by atoms with Crippen molar-refractivity contribution in [3.05, 3.63) is 70.2 Å². The number of nitrogens with one attached hydrogen (secondary N) is 1. The second-order valence-corrected chi connectivity index (χ2v) is 8.88. The first-order valence-corrected chi connectivity index (χ1v) is 11.9. The van der Waals surface area contributed by atoms with E-state index < -0.39 is 6.04 Å². The van der Waals surface area contributed by atoms with E-state index in [-0.39, 0.29) is 11.8 Å². The molecule has 0 saturated carbocycles. The van der Waals surface area contributed by atoms with Crippen molar-refractivity contribution >= 4 is 35.2 Å². The van der Waals surface area contributed by atoms with Gasteiger partial charge < -0.3 is 10.2 Å². The monoisotopic (exact) mass is 446 g/mol. The number of carbonyl (C=O) groups is 2. The number of hydrogen-bond donors (Lipinski definition) is 1. The fourth-order valence-corrected chi connectivity index (χ4v) is 4.16. The van der Waals surface area contributed by atoms with Crippen molar-refractivity contribution in [2.75, 3.05) is 12.3 Å². The topological polar surface area (TPSA) is 49.4 Å². The number of hydrogen-bond acceptors (Lipinski definition) is 3. The maximum absolute atomic E-state index is 13.1. The van der Waals surface area contributed by atoms with Gasteiger partial charge in [-0.1, -0.05) is 66.9 Å². The van der Waals surface area contributed by atoms with Crippen LogP contribution in [0.3, 0.4) is 0 Å². The number of amides is 2. The Morgan fingerprint density at radius 2 is 1.87 bits per heavy atom. The van der Waals surface area contributed by atoms with E-state index in [2.05, 4.69) is 37.4 Å². The molecular formula is C24H31ClN2O2S. The molecule has 0 heterocycles. The number of halogens is 1. The molecule has 162 valence electrons. The zero-order valence-corrected chi connectivity index (χ0v) is 19.6. The zero-order chi connectivity index (χ0) is 21.9. The van der Waals surface area contributed by atoms with E-state index in [1.165, 1.54) is 11.1 Å². The van der Waals surface area contributed by atoms with Crippen LogP contribution in [0.25, 0.3) is 0 Å². The Morgan fingerprint density at radius 3 is 2.57 bits per heavy atom. The molecule has 0 radical (unpaired) electrons. The lowest BCUT2D eigenvalue weighted by Crippen LogP contribution is -2.48. The third-order valence-electron chi connectivity index (χ3n) is 4.82. The molecule has 0 aliphatic carbocycles. The first-order valence-electron chi connectivity index (χ1n) is 10.4. The van der Waals surface area contributed by atoms with Gasteiger partial charge in [0.2, 0.25) is 11.8 Å². The molecule has 4 nitrogen and oxygen atoms in total. The molecule has 6 heteroatoms. The van der Waals surface area contributed by atoms with Crippen LogP contribution in [0.4, 0.5) is 0 Å². The summed E-state index contributed by atoms with van der Waals surface area (Å²) >= 11 is 7.68. The Kier molecular flexibility index (Phi) is 10.2. The molecule has 2 aromatic rings. The predicted octanol–water partition coefficient (Wildman–Crippen LogP) is 5.22. The van der Waals surface area contributed by atoms with Crippen LogP contribution < -0.4 is 5.32 Å². The van der Waals surface area contributed by atoms with Gasteiger partial charge in [0.1, 0.15) is 6.04 Å². The minimum Gasteiger partial charge on any atom is -0.354 e. The Hall–Kier alpha value is -1.98. The molecule has 0 bridgehead atoms. The molecule has 0 aliphatic rings. The second kappa shape index (κ2) is 12.7. The number of nitrogens with zero attached hydrogens (tertiary/aromatic N) is 1. The quantitative estimate of drug-likeness (QED) is 0.481. The van der Waals surface area contributed by atoms with E-state index in [4.69, 9.17) is 11.6 Å². The Balaban J connectivity index is 2.04. The van der Waals surface area contributed by atoms with Gasteiger partial charge in [-0.2, -0.15) is 0 Å². The average Bonchev–Trinajstić information content (AvgIpc) is 2.71. The van der Waals surface area contributed by atoms with Gasteiger partial charge in [-0.25, -0.2) is 0 Å². The summed E-state index contributed by atoms with van der Waals surface area (Å²) in [5.74, 6) is 0.907. The van der Waals surface area contributed by atoms with Crippen LogP contribution in [-0.4, -0.2) is 35.1 Å². The third kappa shape index (κ3) is 8.04. The van der Waals surface area contributed by atoms with Crippen molar-refractivity contribution in [3.63, 3.8) is 0 Å². The van der Waals surface area contributed by atoms with Crippen LogP contribution in [0.5, 0.6) is 0 Å². The number of thioether (sulfide) groups is 1. The first-order chi connectivity index (χ1) is 14.4. The molecular weight excluding hydrogens is 416 g/mol. The Bertz CT molecular complexity index is 843. The van der Waals surface area contributed by atoms with Crippen molar-refractivity contribution in [1.29, 1.82) is 0 Å². The highest BCUT2D eigenvalue weighted by atomic mass is 35.5. The van der Waals surface area contributed by atoms with Crippen LogP contribution in [0.15, 0.2) is 48.5 Å². The zero-order valence-electron chi connectivity index (χ0n) is 18.0. The summed E-state index contributed by atoms with van der Waals surface area (Å²) in [6.07, 6.45) is 1.93. The average molecular weight is 447 g/mol. The smallest absolute Gasteiger partial charge is 0.242 e. The molecule has 1 atom stereocenters. The lowest BCUT2D eigenvalue weighted by Gasteiger charge is -2.29. The van der Waals surface area contributed by atoms with Gasteiger partial charge in [-0.05, 0) is 43.5 Å². The highest BCUT2D eigenvalue weighted by molar-refractivity contribution is 7.99. The fourth-order valence-electron chi connectivity index (χ4n) is 3.09. The standard InChI is InChI=1S/C24H31ClN2O2S/c1-4-5-12-26-24(29)19(3)27(15-20-9-7-11-22(25)14-20)23(28)17-30-16-21-10-6-8-18(2)13-21/h6-11,13-14,19H,4-5,12,15-17H2,1-3H3,(H,26,29)/t19-/m0/s1. The minimum absolute atomic E-state index is 0.0502. The summed E-state index contributed by atoms with van der Waals surface area (Å²) in [4.78, 5) is 27.3. The van der Waals surface area contributed by atoms with Crippen LogP contribution in [-0.2, 0) is 21.9 Å². The van der Waals surface area contributed by atoms with Crippen LogP contribution >= 0.6 is 23.4 Å². The minimum atomic E-state index is -0.548. The van der Waals surface area contributed by atoms with E-state index in [1.807, 2.05) is 24.3 Å². The molecule has 2 aromatic carbocycles. The Morgan fingerprint density at radius 1 is 1.13 bits per heavy atom. The summed E-state index contributed by atoms with van der Waals surface area (Å²) in [5, 5.41) is 3.56. The van der Waals surface area contributed by atoms with Gasteiger partial charge in [0, 0.05) is 23.9 Å². The van der Waals surface area contributed by atoms with Gasteiger partial charge >= 0.3 is 0 Å². The lowest BCUT2D eigenvalue weighted by molar-refractivity contribution is -0.138. The third-order valence-corrected chi connectivity index (χ3v) is 6.04. The van der Waals surface area contributed by atoms with E-state index in [1.54, 1.807) is 29.7 Å². The molecule has 0 fully saturated rings. The van der Waals surface area contributed by atoms with Crippen LogP contribution in [0.2, 0.25) is 5.02 Å². The molecule has 2 amide bonds. The highest BCUT2D eigenvalue weighted by Crippen LogP contribution is 2.18. The molecule has 30 heavy (non-hydrogen) atoms. The van der Waals surface area contributed by atoms with Gasteiger partial charge in [0.15, 0.2) is 0 Å². The molecule has 0 aromatic heterocycles. The van der Waals surface area contributed by atoms with Crippen molar-refractivity contribution < 1.29 is 9.59 Å². The largest absolute Gasteiger partial charge is 0.354 e. The Labute approximate surface area is 189 Å². The SMILES string of the molecule is CCCCNC(=O)[C@H](C)N(Cc1cccc(Cl)c1)C(=O)CSCc1cccc(C)c1. The maximum Gasteiger partial charge on any atom is 0.242 e. The molecule has 0 saturated heterocycles. The van der Waals surface area contributed by atoms with Crippen LogP contribution in [0, 0.1) is 6.92 Å². The fraction of sp³-hybridized carbons (Fsp3) is 0.417. The summed E-state index contributed by atoms with van der Waals surface area (Å²) in [6.45, 7) is 6.91. The van der Waals surface area contributed by atoms with Crippen molar-refractivity contribution in [2.45, 2.75) is 52.0 Å². The van der Waals surface area contributed by atoms with E-state index in [0.717, 1.165) is 24.2 Å². The number of rotatable bonds is 11. The molecule has 0 aliphatic heterocycles. The highest BCUT2D eigenvalue weighted by Gasteiger charge is 2.25. The lowest BCUT2D eigenvalue weighted by atomic mass is 10.1. The van der Waals surface area contributed by atoms with E-state index in [9.17, 15) is 9.59 Å². The second-order valence-electron chi connectivity index (χ2n) is 7.45. The number of carbonyl (C=O) groups excluding carboxylic acids is 2. The van der Waals surface area contributed by atoms with E-state index in [0.29, 0.717) is 23.9 Å². The van der Waals surface area contributed by atoms with Crippen molar-refractivity contribution in [1.82, 2.24) is 10.2 Å². The maximum atomic E-state index is 13.1.